The van der Waals surface area contributed by atoms with Gasteiger partial charge in [0.1, 0.15) is 6.04 Å². The molecule has 7 nitrogen and oxygen atoms in total. The molecule has 0 saturated carbocycles. The van der Waals surface area contributed by atoms with E-state index < -0.39 is 17.9 Å². The van der Waals surface area contributed by atoms with E-state index in [-0.39, 0.29) is 17.4 Å². The van der Waals surface area contributed by atoms with Crippen LogP contribution in [-0.4, -0.2) is 35.5 Å². The van der Waals surface area contributed by atoms with Gasteiger partial charge in [-0.05, 0) is 37.1 Å². The van der Waals surface area contributed by atoms with Gasteiger partial charge in [0.05, 0.1) is 10.7 Å². The number of amides is 2. The molecule has 1 aromatic heterocycles. The second kappa shape index (κ2) is 6.98. The highest BCUT2D eigenvalue weighted by atomic mass is 35.5. The normalized spacial score (nSPS) is 17.4. The lowest BCUT2D eigenvalue weighted by Gasteiger charge is -2.33. The SMILES string of the molecule is O=C(O)c1ccc(C(=O)N[C@H]2CCCN(c3ccccc3Cl)C2=O)o1. The van der Waals surface area contributed by atoms with Gasteiger partial charge in [0.2, 0.25) is 11.7 Å². The van der Waals surface area contributed by atoms with Gasteiger partial charge in [-0.2, -0.15) is 0 Å². The average Bonchev–Trinajstić information content (AvgIpc) is 3.08. The smallest absolute Gasteiger partial charge is 0.371 e. The van der Waals surface area contributed by atoms with Crippen LogP contribution in [0.15, 0.2) is 40.8 Å². The van der Waals surface area contributed by atoms with Crippen LogP contribution < -0.4 is 10.2 Å². The molecule has 1 aliphatic heterocycles. The number of rotatable bonds is 4. The number of carboxylic acids is 1. The maximum Gasteiger partial charge on any atom is 0.371 e. The second-order valence-electron chi connectivity index (χ2n) is 5.58. The first-order chi connectivity index (χ1) is 12.0. The van der Waals surface area contributed by atoms with Crippen molar-refractivity contribution in [2.75, 3.05) is 11.4 Å². The fourth-order valence-corrected chi connectivity index (χ4v) is 2.96. The minimum absolute atomic E-state index is 0.153. The Labute approximate surface area is 148 Å². The van der Waals surface area contributed by atoms with Crippen molar-refractivity contribution in [3.8, 4) is 0 Å². The molecule has 1 saturated heterocycles. The molecule has 1 fully saturated rings. The van der Waals surface area contributed by atoms with Gasteiger partial charge in [0.15, 0.2) is 5.76 Å². The van der Waals surface area contributed by atoms with Crippen LogP contribution in [0.2, 0.25) is 5.02 Å². The van der Waals surface area contributed by atoms with Gasteiger partial charge in [-0.15, -0.1) is 0 Å². The van der Waals surface area contributed by atoms with E-state index in [2.05, 4.69) is 5.32 Å². The van der Waals surface area contributed by atoms with Crippen molar-refractivity contribution in [3.05, 3.63) is 52.9 Å². The van der Waals surface area contributed by atoms with E-state index >= 15 is 0 Å². The summed E-state index contributed by atoms with van der Waals surface area (Å²) in [5.41, 5.74) is 0.597. The van der Waals surface area contributed by atoms with Gasteiger partial charge in [0, 0.05) is 6.54 Å². The Morgan fingerprint density at radius 1 is 1.20 bits per heavy atom. The zero-order valence-electron chi connectivity index (χ0n) is 13.1. The fourth-order valence-electron chi connectivity index (χ4n) is 2.72. The Balaban J connectivity index is 1.74. The third kappa shape index (κ3) is 3.51. The molecule has 130 valence electrons. The molecule has 0 radical (unpaired) electrons. The lowest BCUT2D eigenvalue weighted by atomic mass is 10.0. The van der Waals surface area contributed by atoms with Gasteiger partial charge >= 0.3 is 5.97 Å². The molecule has 2 aromatic rings. The van der Waals surface area contributed by atoms with Crippen molar-refractivity contribution >= 4 is 35.1 Å². The first kappa shape index (κ1) is 17.0. The number of hydrogen-bond donors (Lipinski definition) is 2. The van der Waals surface area contributed by atoms with Gasteiger partial charge in [-0.1, -0.05) is 23.7 Å². The molecule has 8 heteroatoms. The maximum atomic E-state index is 12.7. The van der Waals surface area contributed by atoms with E-state index in [4.69, 9.17) is 21.1 Å². The number of nitrogens with one attached hydrogen (secondary N) is 1. The minimum Gasteiger partial charge on any atom is -0.475 e. The number of carboxylic acid groups (broad SMARTS) is 1. The summed E-state index contributed by atoms with van der Waals surface area (Å²) >= 11 is 6.15. The molecule has 0 spiro atoms. The number of furan rings is 1. The fraction of sp³-hybridized carbons (Fsp3) is 0.235. The van der Waals surface area contributed by atoms with Crippen molar-refractivity contribution in [3.63, 3.8) is 0 Å². The first-order valence-electron chi connectivity index (χ1n) is 7.67. The molecule has 0 aliphatic carbocycles. The molecule has 2 N–H and O–H groups in total. The number of para-hydroxylation sites is 1. The van der Waals surface area contributed by atoms with Gasteiger partial charge in [-0.3, -0.25) is 9.59 Å². The highest BCUT2D eigenvalue weighted by Crippen LogP contribution is 2.28. The monoisotopic (exact) mass is 362 g/mol. The Morgan fingerprint density at radius 3 is 2.60 bits per heavy atom. The summed E-state index contributed by atoms with van der Waals surface area (Å²) in [5, 5.41) is 11.9. The van der Waals surface area contributed by atoms with Crippen molar-refractivity contribution in [2.45, 2.75) is 18.9 Å². The number of benzene rings is 1. The Kier molecular flexibility index (Phi) is 4.76. The summed E-state index contributed by atoms with van der Waals surface area (Å²) in [5.74, 6) is -2.65. The quantitative estimate of drug-likeness (QED) is 0.870. The van der Waals surface area contributed by atoms with E-state index in [9.17, 15) is 14.4 Å². The van der Waals surface area contributed by atoms with Gasteiger partial charge < -0.3 is 19.7 Å². The zero-order valence-corrected chi connectivity index (χ0v) is 13.8. The molecule has 3 rings (SSSR count). The molecule has 2 heterocycles. The summed E-state index contributed by atoms with van der Waals surface area (Å²) < 4.78 is 4.96. The van der Waals surface area contributed by atoms with Crippen LogP contribution in [0, 0.1) is 0 Å². The highest BCUT2D eigenvalue weighted by Gasteiger charge is 2.32. The van der Waals surface area contributed by atoms with Crippen LogP contribution in [0.4, 0.5) is 5.69 Å². The molecule has 2 amide bonds. The van der Waals surface area contributed by atoms with Crippen molar-refractivity contribution in [1.29, 1.82) is 0 Å². The summed E-state index contributed by atoms with van der Waals surface area (Å²) in [6, 6.07) is 8.73. The predicted octanol–water partition coefficient (Wildman–Crippen LogP) is 2.56. The van der Waals surface area contributed by atoms with Crippen LogP contribution in [0.3, 0.4) is 0 Å². The largest absolute Gasteiger partial charge is 0.475 e. The number of hydrogen-bond acceptors (Lipinski definition) is 4. The van der Waals surface area contributed by atoms with Crippen LogP contribution in [-0.2, 0) is 4.79 Å². The molecule has 1 aliphatic rings. The average molecular weight is 363 g/mol. The van der Waals surface area contributed by atoms with E-state index in [1.165, 1.54) is 12.1 Å². The Bertz CT molecular complexity index is 832. The summed E-state index contributed by atoms with van der Waals surface area (Å²) in [7, 11) is 0. The molecular formula is C17H15ClN2O5. The number of carbonyl (C=O) groups excluding carboxylic acids is 2. The van der Waals surface area contributed by atoms with Crippen LogP contribution >= 0.6 is 11.6 Å². The minimum atomic E-state index is -1.27. The number of piperidine rings is 1. The van der Waals surface area contributed by atoms with E-state index in [1.807, 2.05) is 0 Å². The number of nitrogens with zero attached hydrogens (tertiary/aromatic N) is 1. The Hall–Kier alpha value is -2.80. The van der Waals surface area contributed by atoms with Crippen molar-refractivity contribution in [1.82, 2.24) is 5.32 Å². The van der Waals surface area contributed by atoms with Crippen LogP contribution in [0.25, 0.3) is 0 Å². The number of halogens is 1. The molecular weight excluding hydrogens is 348 g/mol. The highest BCUT2D eigenvalue weighted by molar-refractivity contribution is 6.33. The van der Waals surface area contributed by atoms with Crippen molar-refractivity contribution < 1.29 is 23.9 Å². The predicted molar refractivity (Wildman–Crippen MR) is 90.0 cm³/mol. The lowest BCUT2D eigenvalue weighted by molar-refractivity contribution is -0.121. The summed E-state index contributed by atoms with van der Waals surface area (Å²) in [6.45, 7) is 0.513. The van der Waals surface area contributed by atoms with Crippen LogP contribution in [0.1, 0.15) is 34.0 Å². The second-order valence-corrected chi connectivity index (χ2v) is 5.99. The van der Waals surface area contributed by atoms with E-state index in [0.717, 1.165) is 0 Å². The molecule has 1 aromatic carbocycles. The lowest BCUT2D eigenvalue weighted by Crippen LogP contribution is -2.52. The first-order valence-corrected chi connectivity index (χ1v) is 8.05. The summed E-state index contributed by atoms with van der Waals surface area (Å²) in [6.07, 6.45) is 1.18. The topological polar surface area (TPSA) is 99.8 Å². The third-order valence-corrected chi connectivity index (χ3v) is 4.25. The summed E-state index contributed by atoms with van der Waals surface area (Å²) in [4.78, 5) is 37.3. The molecule has 1 atom stereocenters. The standard InChI is InChI=1S/C17H15ClN2O5/c18-10-4-1-2-6-12(10)20-9-3-5-11(16(20)22)19-15(21)13-7-8-14(25-13)17(23)24/h1-2,4,6-8,11H,3,5,9H2,(H,19,21)(H,23,24)/t11-/m0/s1. The van der Waals surface area contributed by atoms with E-state index in [0.29, 0.717) is 30.1 Å². The molecule has 25 heavy (non-hydrogen) atoms. The number of anilines is 1. The Morgan fingerprint density at radius 2 is 1.92 bits per heavy atom. The maximum absolute atomic E-state index is 12.7. The molecule has 0 unspecified atom stereocenters. The zero-order chi connectivity index (χ0) is 18.0. The molecule has 0 bridgehead atoms. The van der Waals surface area contributed by atoms with Crippen molar-refractivity contribution in [2.24, 2.45) is 0 Å². The van der Waals surface area contributed by atoms with Gasteiger partial charge in [0.25, 0.3) is 5.91 Å². The number of carbonyl (C=O) groups is 3. The third-order valence-electron chi connectivity index (χ3n) is 3.93. The number of aromatic carboxylic acids is 1. The van der Waals surface area contributed by atoms with E-state index in [1.54, 1.807) is 29.2 Å². The van der Waals surface area contributed by atoms with Crippen LogP contribution in [0.5, 0.6) is 0 Å². The van der Waals surface area contributed by atoms with Gasteiger partial charge in [-0.25, -0.2) is 4.79 Å².